The Kier molecular flexibility index (Phi) is 4.94. The highest BCUT2D eigenvalue weighted by molar-refractivity contribution is 7.99. The highest BCUT2D eigenvalue weighted by atomic mass is 32.2. The minimum absolute atomic E-state index is 0.136. The van der Waals surface area contributed by atoms with Crippen molar-refractivity contribution in [1.82, 2.24) is 9.97 Å². The van der Waals surface area contributed by atoms with Gasteiger partial charge in [0, 0.05) is 23.9 Å². The standard InChI is InChI=1S/C13H13FN4O2S/c14-8-1-3-9(4-2-8)16-11(19)5-6-21-13-17-10(15)7-12(20)18-13/h1-4,7H,5-6H2,(H,16,19)(H3,15,17,18,20). The van der Waals surface area contributed by atoms with Gasteiger partial charge >= 0.3 is 0 Å². The van der Waals surface area contributed by atoms with Gasteiger partial charge in [0.05, 0.1) is 0 Å². The Hall–Kier alpha value is -2.35. The molecule has 0 atom stereocenters. The smallest absolute Gasteiger partial charge is 0.253 e. The van der Waals surface area contributed by atoms with E-state index in [1.807, 2.05) is 0 Å². The highest BCUT2D eigenvalue weighted by Crippen LogP contribution is 2.14. The Labute approximate surface area is 124 Å². The summed E-state index contributed by atoms with van der Waals surface area (Å²) >= 11 is 1.22. The predicted molar refractivity (Wildman–Crippen MR) is 79.6 cm³/mol. The highest BCUT2D eigenvalue weighted by Gasteiger charge is 2.05. The van der Waals surface area contributed by atoms with Crippen LogP contribution in [0, 0.1) is 5.82 Å². The number of hydrogen-bond acceptors (Lipinski definition) is 5. The molecule has 0 unspecified atom stereocenters. The lowest BCUT2D eigenvalue weighted by atomic mass is 10.3. The van der Waals surface area contributed by atoms with Crippen molar-refractivity contribution >= 4 is 29.2 Å². The van der Waals surface area contributed by atoms with Crippen LogP contribution >= 0.6 is 11.8 Å². The van der Waals surface area contributed by atoms with E-state index < -0.39 is 0 Å². The second kappa shape index (κ2) is 6.89. The van der Waals surface area contributed by atoms with Gasteiger partial charge < -0.3 is 16.0 Å². The third-order valence-corrected chi connectivity index (χ3v) is 3.31. The number of aromatic nitrogens is 2. The number of carbonyl (C=O) groups is 1. The van der Waals surface area contributed by atoms with E-state index in [-0.39, 0.29) is 29.5 Å². The molecule has 1 heterocycles. The number of nitrogens with two attached hydrogens (primary N) is 1. The molecule has 21 heavy (non-hydrogen) atoms. The van der Waals surface area contributed by atoms with Gasteiger partial charge in [0.2, 0.25) is 5.91 Å². The molecule has 1 amide bonds. The summed E-state index contributed by atoms with van der Waals surface area (Å²) in [4.78, 5) is 29.3. The molecule has 0 saturated heterocycles. The van der Waals surface area contributed by atoms with Crippen molar-refractivity contribution in [2.45, 2.75) is 11.6 Å². The molecule has 0 saturated carbocycles. The molecular formula is C13H13FN4O2S. The first-order valence-electron chi connectivity index (χ1n) is 6.08. The summed E-state index contributed by atoms with van der Waals surface area (Å²) in [5, 5.41) is 3.01. The minimum atomic E-state index is -0.361. The molecule has 0 spiro atoms. The van der Waals surface area contributed by atoms with Crippen LogP contribution in [0.15, 0.2) is 40.3 Å². The van der Waals surface area contributed by atoms with E-state index in [0.717, 1.165) is 0 Å². The molecule has 0 aliphatic heterocycles. The van der Waals surface area contributed by atoms with Crippen molar-refractivity contribution in [1.29, 1.82) is 0 Å². The van der Waals surface area contributed by atoms with Gasteiger partial charge in [-0.1, -0.05) is 11.8 Å². The molecule has 2 aromatic rings. The normalized spacial score (nSPS) is 10.3. The van der Waals surface area contributed by atoms with Gasteiger partial charge in [-0.15, -0.1) is 0 Å². The van der Waals surface area contributed by atoms with Gasteiger partial charge in [-0.25, -0.2) is 9.37 Å². The number of H-pyrrole nitrogens is 1. The number of halogens is 1. The number of carbonyl (C=O) groups excluding carboxylic acids is 1. The lowest BCUT2D eigenvalue weighted by Crippen LogP contribution is -2.13. The van der Waals surface area contributed by atoms with Crippen LogP contribution in [-0.4, -0.2) is 21.6 Å². The maximum Gasteiger partial charge on any atom is 0.253 e. The van der Waals surface area contributed by atoms with Crippen molar-refractivity contribution < 1.29 is 9.18 Å². The van der Waals surface area contributed by atoms with Crippen LogP contribution in [-0.2, 0) is 4.79 Å². The van der Waals surface area contributed by atoms with Gasteiger partial charge in [0.25, 0.3) is 5.56 Å². The number of anilines is 2. The monoisotopic (exact) mass is 308 g/mol. The first-order valence-corrected chi connectivity index (χ1v) is 7.06. The molecule has 8 heteroatoms. The topological polar surface area (TPSA) is 101 Å². The van der Waals surface area contributed by atoms with Gasteiger partial charge in [0.1, 0.15) is 11.6 Å². The zero-order chi connectivity index (χ0) is 15.2. The summed E-state index contributed by atoms with van der Waals surface area (Å²) in [6.07, 6.45) is 0.223. The predicted octanol–water partition coefficient (Wildman–Crippen LogP) is 1.61. The average Bonchev–Trinajstić information content (AvgIpc) is 2.40. The van der Waals surface area contributed by atoms with E-state index in [4.69, 9.17) is 5.73 Å². The zero-order valence-electron chi connectivity index (χ0n) is 10.9. The second-order valence-electron chi connectivity index (χ2n) is 4.13. The number of thioether (sulfide) groups is 1. The van der Waals surface area contributed by atoms with Crippen molar-refractivity contribution in [2.24, 2.45) is 0 Å². The van der Waals surface area contributed by atoms with Crippen LogP contribution in [0.3, 0.4) is 0 Å². The summed E-state index contributed by atoms with van der Waals surface area (Å²) < 4.78 is 12.7. The summed E-state index contributed by atoms with van der Waals surface area (Å²) in [5.41, 5.74) is 5.65. The Bertz CT molecular complexity index is 687. The average molecular weight is 308 g/mol. The summed E-state index contributed by atoms with van der Waals surface area (Å²) in [5.74, 6) is -0.00278. The fourth-order valence-corrected chi connectivity index (χ4v) is 2.34. The quantitative estimate of drug-likeness (QED) is 0.575. The van der Waals surface area contributed by atoms with Gasteiger partial charge in [-0.05, 0) is 24.3 Å². The van der Waals surface area contributed by atoms with Crippen LogP contribution in [0.2, 0.25) is 0 Å². The largest absolute Gasteiger partial charge is 0.383 e. The lowest BCUT2D eigenvalue weighted by molar-refractivity contribution is -0.115. The number of nitrogens with one attached hydrogen (secondary N) is 2. The van der Waals surface area contributed by atoms with Crippen molar-refractivity contribution in [3.8, 4) is 0 Å². The Balaban J connectivity index is 1.81. The van der Waals surface area contributed by atoms with Crippen LogP contribution in [0.25, 0.3) is 0 Å². The number of rotatable bonds is 5. The molecule has 1 aromatic carbocycles. The third-order valence-electron chi connectivity index (χ3n) is 2.44. The molecule has 0 radical (unpaired) electrons. The first kappa shape index (κ1) is 15.0. The summed E-state index contributed by atoms with van der Waals surface area (Å²) in [6, 6.07) is 6.69. The first-order chi connectivity index (χ1) is 10.0. The van der Waals surface area contributed by atoms with Gasteiger partial charge in [0.15, 0.2) is 5.16 Å². The van der Waals surface area contributed by atoms with Gasteiger partial charge in [-0.2, -0.15) is 0 Å². The molecule has 0 aliphatic carbocycles. The summed E-state index contributed by atoms with van der Waals surface area (Å²) in [7, 11) is 0. The van der Waals surface area contributed by atoms with Crippen molar-refractivity contribution in [3.05, 3.63) is 46.5 Å². The Morgan fingerprint density at radius 3 is 2.76 bits per heavy atom. The number of amides is 1. The van der Waals surface area contributed by atoms with Crippen molar-refractivity contribution in [3.63, 3.8) is 0 Å². The number of hydrogen-bond donors (Lipinski definition) is 3. The molecule has 0 aliphatic rings. The number of aromatic amines is 1. The van der Waals surface area contributed by atoms with Gasteiger partial charge in [-0.3, -0.25) is 9.59 Å². The van der Waals surface area contributed by atoms with E-state index in [1.54, 1.807) is 0 Å². The zero-order valence-corrected chi connectivity index (χ0v) is 11.7. The molecule has 110 valence electrons. The molecular weight excluding hydrogens is 295 g/mol. The maximum absolute atomic E-state index is 12.7. The fourth-order valence-electron chi connectivity index (χ4n) is 1.52. The molecule has 0 bridgehead atoms. The van der Waals surface area contributed by atoms with Crippen molar-refractivity contribution in [2.75, 3.05) is 16.8 Å². The van der Waals surface area contributed by atoms with E-state index >= 15 is 0 Å². The lowest BCUT2D eigenvalue weighted by Gasteiger charge is -2.05. The van der Waals surface area contributed by atoms with Crippen LogP contribution < -0.4 is 16.6 Å². The number of nitrogens with zero attached hydrogens (tertiary/aromatic N) is 1. The Morgan fingerprint density at radius 2 is 2.10 bits per heavy atom. The molecule has 2 rings (SSSR count). The summed E-state index contributed by atoms with van der Waals surface area (Å²) in [6.45, 7) is 0. The van der Waals surface area contributed by atoms with E-state index in [9.17, 15) is 14.0 Å². The molecule has 4 N–H and O–H groups in total. The second-order valence-corrected chi connectivity index (χ2v) is 5.21. The van der Waals surface area contributed by atoms with Crippen LogP contribution in [0.4, 0.5) is 15.9 Å². The number of benzene rings is 1. The molecule has 0 fully saturated rings. The van der Waals surface area contributed by atoms with E-state index in [0.29, 0.717) is 16.6 Å². The Morgan fingerprint density at radius 1 is 1.38 bits per heavy atom. The minimum Gasteiger partial charge on any atom is -0.383 e. The van der Waals surface area contributed by atoms with E-state index in [2.05, 4.69) is 15.3 Å². The fraction of sp³-hybridized carbons (Fsp3) is 0.154. The number of nitrogen functional groups attached to an aromatic ring is 1. The van der Waals surface area contributed by atoms with Crippen LogP contribution in [0.5, 0.6) is 0 Å². The SMILES string of the molecule is Nc1cc(=O)[nH]c(SCCC(=O)Nc2ccc(F)cc2)n1. The third kappa shape index (κ3) is 4.92. The van der Waals surface area contributed by atoms with Crippen LogP contribution in [0.1, 0.15) is 6.42 Å². The molecule has 1 aromatic heterocycles. The maximum atomic E-state index is 12.7. The van der Waals surface area contributed by atoms with E-state index in [1.165, 1.54) is 42.1 Å². The molecule has 6 nitrogen and oxygen atoms in total.